The standard InChI is InChI=1S/C21H19F3N2/c1-4-14(3)18-19(15-7-5-13(2)6-8-15)26-20(25-18)16-9-11-17(12-10-16)21(22,23)24/h5-12H,3-4H2,1-2H3,(H,25,26). The molecule has 1 N–H and O–H groups in total. The molecular weight excluding hydrogens is 337 g/mol. The van der Waals surface area contributed by atoms with Gasteiger partial charge in [0, 0.05) is 11.1 Å². The highest BCUT2D eigenvalue weighted by molar-refractivity contribution is 5.78. The lowest BCUT2D eigenvalue weighted by atomic mass is 10.0. The normalized spacial score (nSPS) is 11.6. The Kier molecular flexibility index (Phi) is 4.72. The average Bonchev–Trinajstić information content (AvgIpc) is 3.06. The third kappa shape index (κ3) is 3.57. The number of benzene rings is 2. The Hall–Kier alpha value is -2.82. The smallest absolute Gasteiger partial charge is 0.337 e. The first-order valence-electron chi connectivity index (χ1n) is 8.32. The number of hydrogen-bond donors (Lipinski definition) is 1. The minimum atomic E-state index is -4.35. The van der Waals surface area contributed by atoms with Crippen LogP contribution in [0.2, 0.25) is 0 Å². The maximum Gasteiger partial charge on any atom is 0.416 e. The van der Waals surface area contributed by atoms with E-state index in [2.05, 4.69) is 16.5 Å². The Bertz CT molecular complexity index is 917. The number of alkyl halides is 3. The Morgan fingerprint density at radius 2 is 1.58 bits per heavy atom. The Labute approximate surface area is 150 Å². The monoisotopic (exact) mass is 356 g/mol. The van der Waals surface area contributed by atoms with E-state index in [1.807, 2.05) is 38.1 Å². The number of aromatic amines is 1. The molecule has 134 valence electrons. The van der Waals surface area contributed by atoms with Crippen molar-refractivity contribution in [1.82, 2.24) is 9.97 Å². The Balaban J connectivity index is 2.06. The molecule has 1 aromatic heterocycles. The quantitative estimate of drug-likeness (QED) is 0.568. The van der Waals surface area contributed by atoms with Crippen LogP contribution in [-0.2, 0) is 6.18 Å². The summed E-state index contributed by atoms with van der Waals surface area (Å²) in [5.41, 5.74) is 4.47. The molecule has 0 saturated carbocycles. The van der Waals surface area contributed by atoms with Crippen LogP contribution in [0.3, 0.4) is 0 Å². The van der Waals surface area contributed by atoms with E-state index in [4.69, 9.17) is 0 Å². The van der Waals surface area contributed by atoms with Crippen molar-refractivity contribution in [2.45, 2.75) is 26.4 Å². The molecule has 2 aromatic carbocycles. The molecule has 0 atom stereocenters. The second kappa shape index (κ2) is 6.83. The van der Waals surface area contributed by atoms with E-state index in [1.54, 1.807) is 0 Å². The summed E-state index contributed by atoms with van der Waals surface area (Å²) in [6, 6.07) is 13.0. The lowest BCUT2D eigenvalue weighted by Crippen LogP contribution is -2.04. The fourth-order valence-corrected chi connectivity index (χ4v) is 2.68. The van der Waals surface area contributed by atoms with Gasteiger partial charge in [0.25, 0.3) is 0 Å². The Morgan fingerprint density at radius 3 is 2.12 bits per heavy atom. The van der Waals surface area contributed by atoms with Gasteiger partial charge in [0.05, 0.1) is 17.0 Å². The van der Waals surface area contributed by atoms with Crippen molar-refractivity contribution in [3.8, 4) is 22.6 Å². The second-order valence-corrected chi connectivity index (χ2v) is 6.21. The zero-order valence-electron chi connectivity index (χ0n) is 14.6. The lowest BCUT2D eigenvalue weighted by molar-refractivity contribution is -0.137. The topological polar surface area (TPSA) is 28.7 Å². The van der Waals surface area contributed by atoms with Gasteiger partial charge in [0.1, 0.15) is 5.82 Å². The van der Waals surface area contributed by atoms with Crippen molar-refractivity contribution in [3.05, 3.63) is 71.9 Å². The number of nitrogens with one attached hydrogen (secondary N) is 1. The largest absolute Gasteiger partial charge is 0.416 e. The van der Waals surface area contributed by atoms with Gasteiger partial charge in [-0.25, -0.2) is 4.98 Å². The highest BCUT2D eigenvalue weighted by atomic mass is 19.4. The lowest BCUT2D eigenvalue weighted by Gasteiger charge is -2.06. The van der Waals surface area contributed by atoms with Crippen LogP contribution >= 0.6 is 0 Å². The summed E-state index contributed by atoms with van der Waals surface area (Å²) in [7, 11) is 0. The molecule has 5 heteroatoms. The number of aryl methyl sites for hydroxylation is 1. The molecule has 0 amide bonds. The zero-order valence-corrected chi connectivity index (χ0v) is 14.6. The molecule has 0 aliphatic carbocycles. The maximum atomic E-state index is 12.8. The average molecular weight is 356 g/mol. The molecule has 0 aliphatic rings. The number of aromatic nitrogens is 2. The highest BCUT2D eigenvalue weighted by Gasteiger charge is 2.30. The first kappa shape index (κ1) is 18.0. The van der Waals surface area contributed by atoms with Crippen molar-refractivity contribution in [2.24, 2.45) is 0 Å². The van der Waals surface area contributed by atoms with Crippen LogP contribution in [0.15, 0.2) is 55.1 Å². The molecule has 0 bridgehead atoms. The minimum absolute atomic E-state index is 0.527. The van der Waals surface area contributed by atoms with Gasteiger partial charge in [-0.2, -0.15) is 13.2 Å². The predicted octanol–water partition coefficient (Wildman–Crippen LogP) is 6.49. The van der Waals surface area contributed by atoms with E-state index in [1.165, 1.54) is 12.1 Å². The molecular formula is C21H19F3N2. The van der Waals surface area contributed by atoms with Gasteiger partial charge in [-0.05, 0) is 31.1 Å². The first-order valence-corrected chi connectivity index (χ1v) is 8.32. The van der Waals surface area contributed by atoms with Crippen molar-refractivity contribution >= 4 is 5.57 Å². The summed E-state index contributed by atoms with van der Waals surface area (Å²) < 4.78 is 38.3. The SMILES string of the molecule is C=C(CC)c1nc(-c2ccc(C(F)(F)F)cc2)[nH]c1-c1ccc(C)cc1. The van der Waals surface area contributed by atoms with Crippen LogP contribution in [0.4, 0.5) is 13.2 Å². The van der Waals surface area contributed by atoms with E-state index >= 15 is 0 Å². The van der Waals surface area contributed by atoms with Crippen LogP contribution in [0.5, 0.6) is 0 Å². The number of nitrogens with zero attached hydrogens (tertiary/aromatic N) is 1. The number of H-pyrrole nitrogens is 1. The fourth-order valence-electron chi connectivity index (χ4n) is 2.68. The van der Waals surface area contributed by atoms with Crippen molar-refractivity contribution in [1.29, 1.82) is 0 Å². The summed E-state index contributed by atoms with van der Waals surface area (Å²) in [6.45, 7) is 8.07. The number of halogens is 3. The van der Waals surface area contributed by atoms with Gasteiger partial charge in [0.2, 0.25) is 0 Å². The number of allylic oxidation sites excluding steroid dienone is 1. The van der Waals surface area contributed by atoms with Gasteiger partial charge < -0.3 is 4.98 Å². The third-order valence-corrected chi connectivity index (χ3v) is 4.29. The molecule has 0 aliphatic heterocycles. The predicted molar refractivity (Wildman–Crippen MR) is 98.5 cm³/mol. The summed E-state index contributed by atoms with van der Waals surface area (Å²) in [6.07, 6.45) is -3.62. The summed E-state index contributed by atoms with van der Waals surface area (Å²) in [5, 5.41) is 0. The summed E-state index contributed by atoms with van der Waals surface area (Å²) in [5.74, 6) is 0.527. The van der Waals surface area contributed by atoms with E-state index in [-0.39, 0.29) is 0 Å². The van der Waals surface area contributed by atoms with Crippen LogP contribution in [-0.4, -0.2) is 9.97 Å². The van der Waals surface area contributed by atoms with Crippen molar-refractivity contribution in [2.75, 3.05) is 0 Å². The van der Waals surface area contributed by atoms with E-state index in [0.29, 0.717) is 11.4 Å². The minimum Gasteiger partial charge on any atom is -0.337 e. The molecule has 1 heterocycles. The second-order valence-electron chi connectivity index (χ2n) is 6.21. The number of hydrogen-bond acceptors (Lipinski definition) is 1. The van der Waals surface area contributed by atoms with Gasteiger partial charge in [-0.1, -0.05) is 55.5 Å². The highest BCUT2D eigenvalue weighted by Crippen LogP contribution is 2.33. The third-order valence-electron chi connectivity index (χ3n) is 4.29. The molecule has 0 saturated heterocycles. The van der Waals surface area contributed by atoms with Gasteiger partial charge in [-0.15, -0.1) is 0 Å². The van der Waals surface area contributed by atoms with E-state index in [9.17, 15) is 13.2 Å². The zero-order chi connectivity index (χ0) is 18.9. The van der Waals surface area contributed by atoms with E-state index < -0.39 is 11.7 Å². The number of imidazole rings is 1. The van der Waals surface area contributed by atoms with Gasteiger partial charge in [-0.3, -0.25) is 0 Å². The van der Waals surface area contributed by atoms with Crippen LogP contribution in [0.25, 0.3) is 28.2 Å². The van der Waals surface area contributed by atoms with Gasteiger partial charge >= 0.3 is 6.18 Å². The maximum absolute atomic E-state index is 12.8. The molecule has 3 rings (SSSR count). The number of rotatable bonds is 4. The van der Waals surface area contributed by atoms with E-state index in [0.717, 1.165) is 46.6 Å². The summed E-state index contributed by atoms with van der Waals surface area (Å²) in [4.78, 5) is 7.86. The molecule has 0 unspecified atom stereocenters. The van der Waals surface area contributed by atoms with Crippen LogP contribution in [0, 0.1) is 6.92 Å². The Morgan fingerprint density at radius 1 is 1.00 bits per heavy atom. The molecule has 26 heavy (non-hydrogen) atoms. The molecule has 0 fully saturated rings. The molecule has 0 radical (unpaired) electrons. The molecule has 0 spiro atoms. The first-order chi connectivity index (χ1) is 12.3. The fraction of sp³-hybridized carbons (Fsp3) is 0.190. The van der Waals surface area contributed by atoms with Crippen LogP contribution in [0.1, 0.15) is 30.2 Å². The van der Waals surface area contributed by atoms with Gasteiger partial charge in [0.15, 0.2) is 0 Å². The van der Waals surface area contributed by atoms with Crippen molar-refractivity contribution < 1.29 is 13.2 Å². The summed E-state index contributed by atoms with van der Waals surface area (Å²) >= 11 is 0. The van der Waals surface area contributed by atoms with Crippen LogP contribution < -0.4 is 0 Å². The molecule has 3 aromatic rings. The van der Waals surface area contributed by atoms with Crippen molar-refractivity contribution in [3.63, 3.8) is 0 Å². The molecule has 2 nitrogen and oxygen atoms in total.